The maximum Gasteiger partial charge on any atom is 0.253 e. The van der Waals surface area contributed by atoms with Gasteiger partial charge in [0, 0.05) is 37.6 Å². The van der Waals surface area contributed by atoms with E-state index in [4.69, 9.17) is 5.73 Å². The van der Waals surface area contributed by atoms with Gasteiger partial charge in [0.05, 0.1) is 5.56 Å². The van der Waals surface area contributed by atoms with Crippen molar-refractivity contribution < 1.29 is 9.90 Å². The lowest BCUT2D eigenvalue weighted by Gasteiger charge is -2.08. The lowest BCUT2D eigenvalue weighted by molar-refractivity contribution is 0.0954. The molecule has 0 unspecified atom stereocenters. The van der Waals surface area contributed by atoms with E-state index in [0.29, 0.717) is 18.7 Å². The SMILES string of the molecule is Cn1nccc1CCNC(=O)c1cc(O)ccc1N. The first-order chi connectivity index (χ1) is 9.08. The lowest BCUT2D eigenvalue weighted by Crippen LogP contribution is -2.26. The second-order valence-electron chi connectivity index (χ2n) is 4.22. The minimum atomic E-state index is -0.296. The number of hydrogen-bond acceptors (Lipinski definition) is 4. The van der Waals surface area contributed by atoms with Crippen LogP contribution in [0.4, 0.5) is 5.69 Å². The summed E-state index contributed by atoms with van der Waals surface area (Å²) >= 11 is 0. The minimum Gasteiger partial charge on any atom is -0.508 e. The van der Waals surface area contributed by atoms with Crippen LogP contribution in [0.25, 0.3) is 0 Å². The molecule has 2 rings (SSSR count). The van der Waals surface area contributed by atoms with Crippen LogP contribution in [0, 0.1) is 0 Å². The number of benzene rings is 1. The van der Waals surface area contributed by atoms with Crippen molar-refractivity contribution in [3.05, 3.63) is 41.7 Å². The van der Waals surface area contributed by atoms with Gasteiger partial charge in [0.25, 0.3) is 5.91 Å². The molecule has 19 heavy (non-hydrogen) atoms. The van der Waals surface area contributed by atoms with Crippen molar-refractivity contribution in [2.24, 2.45) is 7.05 Å². The topological polar surface area (TPSA) is 93.2 Å². The number of nitrogens with one attached hydrogen (secondary N) is 1. The molecule has 1 amide bonds. The Morgan fingerprint density at radius 2 is 2.26 bits per heavy atom. The zero-order valence-electron chi connectivity index (χ0n) is 10.6. The van der Waals surface area contributed by atoms with E-state index in [1.807, 2.05) is 13.1 Å². The Morgan fingerprint density at radius 3 is 2.95 bits per heavy atom. The smallest absolute Gasteiger partial charge is 0.253 e. The number of carbonyl (C=O) groups excluding carboxylic acids is 1. The van der Waals surface area contributed by atoms with Gasteiger partial charge in [0.2, 0.25) is 0 Å². The van der Waals surface area contributed by atoms with Crippen molar-refractivity contribution in [1.82, 2.24) is 15.1 Å². The molecule has 0 aliphatic rings. The van der Waals surface area contributed by atoms with Crippen molar-refractivity contribution >= 4 is 11.6 Å². The Kier molecular flexibility index (Phi) is 3.70. The van der Waals surface area contributed by atoms with Crippen molar-refractivity contribution in [2.45, 2.75) is 6.42 Å². The van der Waals surface area contributed by atoms with Crippen LogP contribution >= 0.6 is 0 Å². The van der Waals surface area contributed by atoms with E-state index >= 15 is 0 Å². The number of nitrogens with two attached hydrogens (primary N) is 1. The van der Waals surface area contributed by atoms with Crippen LogP contribution in [0.1, 0.15) is 16.1 Å². The zero-order chi connectivity index (χ0) is 13.8. The van der Waals surface area contributed by atoms with Gasteiger partial charge >= 0.3 is 0 Å². The summed E-state index contributed by atoms with van der Waals surface area (Å²) in [6.45, 7) is 0.480. The fourth-order valence-electron chi connectivity index (χ4n) is 1.79. The molecule has 6 nitrogen and oxygen atoms in total. The molecule has 6 heteroatoms. The third-order valence-electron chi connectivity index (χ3n) is 2.87. The predicted molar refractivity (Wildman–Crippen MR) is 71.8 cm³/mol. The highest BCUT2D eigenvalue weighted by molar-refractivity contribution is 5.99. The van der Waals surface area contributed by atoms with Gasteiger partial charge in [-0.1, -0.05) is 0 Å². The summed E-state index contributed by atoms with van der Waals surface area (Å²) in [6.07, 6.45) is 2.39. The fraction of sp³-hybridized carbons (Fsp3) is 0.231. The molecule has 0 bridgehead atoms. The number of aromatic nitrogens is 2. The average Bonchev–Trinajstić information content (AvgIpc) is 2.78. The molecule has 100 valence electrons. The van der Waals surface area contributed by atoms with Crippen molar-refractivity contribution in [3.8, 4) is 5.75 Å². The molecule has 1 aromatic carbocycles. The van der Waals surface area contributed by atoms with Gasteiger partial charge in [0.15, 0.2) is 0 Å². The van der Waals surface area contributed by atoms with Gasteiger partial charge in [-0.2, -0.15) is 5.10 Å². The van der Waals surface area contributed by atoms with E-state index in [1.54, 1.807) is 10.9 Å². The normalized spacial score (nSPS) is 10.4. The van der Waals surface area contributed by atoms with E-state index in [-0.39, 0.29) is 17.2 Å². The van der Waals surface area contributed by atoms with Gasteiger partial charge in [-0.25, -0.2) is 0 Å². The molecule has 1 heterocycles. The van der Waals surface area contributed by atoms with Gasteiger partial charge < -0.3 is 16.2 Å². The number of hydrogen-bond donors (Lipinski definition) is 3. The number of anilines is 1. The van der Waals surface area contributed by atoms with Crippen LogP contribution in [0.15, 0.2) is 30.5 Å². The molecule has 0 saturated heterocycles. The van der Waals surface area contributed by atoms with Gasteiger partial charge in [0.1, 0.15) is 5.75 Å². The van der Waals surface area contributed by atoms with Crippen LogP contribution in [0.5, 0.6) is 5.75 Å². The number of phenols is 1. The maximum atomic E-state index is 11.9. The molecule has 0 fully saturated rings. The minimum absolute atomic E-state index is 0.0194. The molecule has 0 spiro atoms. The lowest BCUT2D eigenvalue weighted by atomic mass is 10.1. The van der Waals surface area contributed by atoms with Gasteiger partial charge in [-0.3, -0.25) is 9.48 Å². The number of aryl methyl sites for hydroxylation is 1. The van der Waals surface area contributed by atoms with E-state index in [9.17, 15) is 9.90 Å². The monoisotopic (exact) mass is 260 g/mol. The number of nitrogens with zero attached hydrogens (tertiary/aromatic N) is 2. The Labute approximate surface area is 110 Å². The molecular weight excluding hydrogens is 244 g/mol. The summed E-state index contributed by atoms with van der Waals surface area (Å²) in [5, 5.41) is 16.2. The second kappa shape index (κ2) is 5.43. The number of phenolic OH excluding ortho intramolecular Hbond substituents is 1. The summed E-state index contributed by atoms with van der Waals surface area (Å²) in [5.74, 6) is -0.276. The quantitative estimate of drug-likeness (QED) is 0.556. The molecule has 0 aliphatic heterocycles. The number of rotatable bonds is 4. The molecule has 2 aromatic rings. The molecule has 1 aromatic heterocycles. The first-order valence-corrected chi connectivity index (χ1v) is 5.91. The summed E-state index contributed by atoms with van der Waals surface area (Å²) in [5.41, 5.74) is 7.35. The molecule has 4 N–H and O–H groups in total. The summed E-state index contributed by atoms with van der Waals surface area (Å²) in [6, 6.07) is 6.21. The summed E-state index contributed by atoms with van der Waals surface area (Å²) < 4.78 is 1.76. The molecule has 0 radical (unpaired) electrons. The number of amides is 1. The predicted octanol–water partition coefficient (Wildman–Crippen LogP) is 0.680. The first kappa shape index (κ1) is 12.9. The zero-order valence-corrected chi connectivity index (χ0v) is 10.6. The highest BCUT2D eigenvalue weighted by Gasteiger charge is 2.10. The Balaban J connectivity index is 1.94. The van der Waals surface area contributed by atoms with Crippen molar-refractivity contribution in [3.63, 3.8) is 0 Å². The third-order valence-corrected chi connectivity index (χ3v) is 2.87. The van der Waals surface area contributed by atoms with E-state index in [1.165, 1.54) is 18.2 Å². The van der Waals surface area contributed by atoms with E-state index in [2.05, 4.69) is 10.4 Å². The molecular formula is C13H16N4O2. The molecule has 0 aliphatic carbocycles. The largest absolute Gasteiger partial charge is 0.508 e. The Morgan fingerprint density at radius 1 is 1.47 bits per heavy atom. The highest BCUT2D eigenvalue weighted by atomic mass is 16.3. The number of aromatic hydroxyl groups is 1. The first-order valence-electron chi connectivity index (χ1n) is 5.91. The number of carbonyl (C=O) groups is 1. The molecule has 0 atom stereocenters. The second-order valence-corrected chi connectivity index (χ2v) is 4.22. The summed E-state index contributed by atoms with van der Waals surface area (Å²) in [7, 11) is 1.85. The van der Waals surface area contributed by atoms with Crippen LogP contribution in [-0.4, -0.2) is 27.3 Å². The van der Waals surface area contributed by atoms with Crippen LogP contribution in [0.2, 0.25) is 0 Å². The Bertz CT molecular complexity index is 592. The standard InChI is InChI=1S/C13H16N4O2/c1-17-9(5-7-16-17)4-6-15-13(19)11-8-10(18)2-3-12(11)14/h2-3,5,7-8,18H,4,6,14H2,1H3,(H,15,19). The van der Waals surface area contributed by atoms with Gasteiger partial charge in [-0.15, -0.1) is 0 Å². The van der Waals surface area contributed by atoms with Gasteiger partial charge in [-0.05, 0) is 24.3 Å². The van der Waals surface area contributed by atoms with Crippen LogP contribution in [0.3, 0.4) is 0 Å². The highest BCUT2D eigenvalue weighted by Crippen LogP contribution is 2.18. The van der Waals surface area contributed by atoms with E-state index in [0.717, 1.165) is 5.69 Å². The van der Waals surface area contributed by atoms with Crippen molar-refractivity contribution in [2.75, 3.05) is 12.3 Å². The third kappa shape index (κ3) is 3.04. The average molecular weight is 260 g/mol. The number of nitrogen functional groups attached to an aromatic ring is 1. The molecule has 0 saturated carbocycles. The maximum absolute atomic E-state index is 11.9. The Hall–Kier alpha value is -2.50. The van der Waals surface area contributed by atoms with Crippen LogP contribution < -0.4 is 11.1 Å². The fourth-order valence-corrected chi connectivity index (χ4v) is 1.79. The van der Waals surface area contributed by atoms with Crippen molar-refractivity contribution in [1.29, 1.82) is 0 Å². The summed E-state index contributed by atoms with van der Waals surface area (Å²) in [4.78, 5) is 11.9. The van der Waals surface area contributed by atoms with Crippen LogP contribution in [-0.2, 0) is 13.5 Å². The van der Waals surface area contributed by atoms with E-state index < -0.39 is 0 Å².